The highest BCUT2D eigenvalue weighted by atomic mass is 32.2. The second-order valence-electron chi connectivity index (χ2n) is 20.0. The molecular formula is C56H76N10O12S2. The number of nitrogens with zero attached hydrogens (tertiary/aromatic N) is 8. The van der Waals surface area contributed by atoms with Gasteiger partial charge in [0.15, 0.2) is 11.4 Å². The first-order chi connectivity index (χ1) is 37.9. The number of nitrogens with one attached hydrogen (secondary N) is 2. The van der Waals surface area contributed by atoms with Crippen molar-refractivity contribution in [2.75, 3.05) is 13.1 Å². The van der Waals surface area contributed by atoms with Crippen LogP contribution in [0.1, 0.15) is 152 Å². The van der Waals surface area contributed by atoms with E-state index >= 15 is 0 Å². The maximum absolute atomic E-state index is 13.6. The summed E-state index contributed by atoms with van der Waals surface area (Å²) in [5.41, 5.74) is -0.0743. The molecule has 80 heavy (non-hydrogen) atoms. The molecule has 4 aromatic rings. The molecule has 0 aliphatic carbocycles. The highest BCUT2D eigenvalue weighted by Gasteiger charge is 2.25. The average molecular weight is 1150 g/mol. The molecule has 0 radical (unpaired) electrons. The molecule has 0 aliphatic rings. The van der Waals surface area contributed by atoms with Crippen molar-refractivity contribution < 1.29 is 46.1 Å². The van der Waals surface area contributed by atoms with Crippen molar-refractivity contribution in [3.8, 4) is 23.9 Å². The average Bonchev–Trinajstić information content (AvgIpc) is 3.41. The van der Waals surface area contributed by atoms with Gasteiger partial charge in [0, 0.05) is 50.1 Å². The van der Waals surface area contributed by atoms with E-state index in [0.29, 0.717) is 11.1 Å². The quantitative estimate of drug-likeness (QED) is 0.0207. The van der Waals surface area contributed by atoms with Crippen molar-refractivity contribution in [3.05, 3.63) is 90.5 Å². The van der Waals surface area contributed by atoms with Crippen LogP contribution in [0.5, 0.6) is 11.8 Å². The summed E-state index contributed by atoms with van der Waals surface area (Å²) < 4.78 is 71.1. The number of sulfonamides is 2. The van der Waals surface area contributed by atoms with Crippen LogP contribution in [-0.4, -0.2) is 73.4 Å². The van der Waals surface area contributed by atoms with Crippen LogP contribution in [0.2, 0.25) is 0 Å². The number of hydrogen-bond donors (Lipinski definition) is 4. The maximum atomic E-state index is 13.6. The highest BCUT2D eigenvalue weighted by Crippen LogP contribution is 2.32. The fourth-order valence-corrected chi connectivity index (χ4v) is 11.3. The number of aromatic nitrogens is 2. The topological polar surface area (TPSA) is 326 Å². The standard InChI is InChI=1S/C56H76N10O12S2/c1-11-15-19-41(13-3)33-65-53(69)45(29-57)39(9)51(55(65)71)63-61-43-23-26-48(36(6)27-43)80(75,76)60-32-38(8)78-50(68)22-18-17-21-49(67)77-37(7)31-59-79(73,74)44-24-25-47(35(5)28-44)62-64-52-40(10)46(30-58)54(70)66(56(52)72)34-42(14-4)20-16-12-2/h23-28,37-38,41-42,59-60,69-70H,11-22,31-34H2,1-10H3. The zero-order valence-corrected chi connectivity index (χ0v) is 49.1. The SMILES string of the molecule is CCCCC(CC)Cn1c(O)c(C#N)c(C)c(N=Nc2ccc(S(=O)(=O)NCC(C)OC(=O)CCCCC(=O)OC(C)CNS(=O)(=O)c3ccc(N=Nc4c(C)c(C#N)c(O)n(CC(CC)CCCC)c4=O)c(C)c3)c(C)c2)c1=O. The number of benzene rings is 2. The van der Waals surface area contributed by atoms with E-state index in [9.17, 15) is 56.8 Å². The van der Waals surface area contributed by atoms with Crippen LogP contribution in [0.25, 0.3) is 0 Å². The van der Waals surface area contributed by atoms with Crippen LogP contribution in [0.15, 0.2) is 76.2 Å². The van der Waals surface area contributed by atoms with E-state index in [1.165, 1.54) is 64.1 Å². The lowest BCUT2D eigenvalue weighted by Gasteiger charge is -2.19. The molecule has 4 atom stereocenters. The van der Waals surface area contributed by atoms with Gasteiger partial charge in [-0.15, -0.1) is 10.2 Å². The fourth-order valence-electron chi connectivity index (χ4n) is 8.72. The Bertz CT molecular complexity index is 3360. The molecule has 4 unspecified atom stereocenters. The molecule has 2 aromatic heterocycles. The van der Waals surface area contributed by atoms with Crippen LogP contribution in [0, 0.1) is 62.2 Å². The highest BCUT2D eigenvalue weighted by molar-refractivity contribution is 7.89. The molecule has 0 saturated heterocycles. The van der Waals surface area contributed by atoms with Gasteiger partial charge in [-0.3, -0.25) is 28.3 Å². The Balaban J connectivity index is 1.24. The third kappa shape index (κ3) is 17.7. The number of esters is 2. The summed E-state index contributed by atoms with van der Waals surface area (Å²) >= 11 is 0. The lowest BCUT2D eigenvalue weighted by atomic mass is 9.99. The smallest absolute Gasteiger partial charge is 0.306 e. The van der Waals surface area contributed by atoms with Crippen molar-refractivity contribution in [2.45, 2.75) is 181 Å². The number of aryl methyl sites for hydroxylation is 2. The number of nitriles is 2. The summed E-state index contributed by atoms with van der Waals surface area (Å²) in [6, 6.07) is 12.2. The van der Waals surface area contributed by atoms with E-state index in [0.717, 1.165) is 60.5 Å². The summed E-state index contributed by atoms with van der Waals surface area (Å²) in [6.07, 6.45) is 5.70. The Hall–Kier alpha value is -7.12. The van der Waals surface area contributed by atoms with E-state index in [1.54, 1.807) is 13.8 Å². The summed E-state index contributed by atoms with van der Waals surface area (Å²) in [4.78, 5) is 52.1. The summed E-state index contributed by atoms with van der Waals surface area (Å²) in [5.74, 6) is -1.89. The summed E-state index contributed by atoms with van der Waals surface area (Å²) in [7, 11) is -8.19. The minimum atomic E-state index is -4.10. The lowest BCUT2D eigenvalue weighted by molar-refractivity contribution is -0.150. The Morgan fingerprint density at radius 2 is 1.10 bits per heavy atom. The fraction of sp³-hybridized carbons (Fsp3) is 0.536. The normalized spacial score (nSPS) is 13.4. The number of unbranched alkanes of at least 4 members (excludes halogenated alkanes) is 3. The van der Waals surface area contributed by atoms with Crippen molar-refractivity contribution >= 4 is 54.7 Å². The molecule has 434 valence electrons. The zero-order valence-electron chi connectivity index (χ0n) is 47.5. The second kappa shape index (κ2) is 30.5. The molecule has 22 nitrogen and oxygen atoms in total. The zero-order chi connectivity index (χ0) is 59.5. The second-order valence-corrected chi connectivity index (χ2v) is 23.5. The number of ether oxygens (including phenoxy) is 2. The number of pyridine rings is 2. The van der Waals surface area contributed by atoms with Gasteiger partial charge in [0.25, 0.3) is 11.1 Å². The molecule has 0 aliphatic heterocycles. The molecule has 0 amide bonds. The minimum Gasteiger partial charge on any atom is -0.493 e. The van der Waals surface area contributed by atoms with Crippen molar-refractivity contribution in [1.82, 2.24) is 18.6 Å². The van der Waals surface area contributed by atoms with Gasteiger partial charge in [-0.2, -0.15) is 20.8 Å². The Labute approximate surface area is 469 Å². The van der Waals surface area contributed by atoms with Crippen molar-refractivity contribution in [1.29, 1.82) is 10.5 Å². The van der Waals surface area contributed by atoms with Gasteiger partial charge in [0.1, 0.15) is 35.5 Å². The number of hydrogen-bond acceptors (Lipinski definition) is 18. The first kappa shape index (κ1) is 65.4. The number of rotatable bonds is 31. The molecule has 0 fully saturated rings. The lowest BCUT2D eigenvalue weighted by Crippen LogP contribution is -2.33. The number of carbonyl (C=O) groups excluding carboxylic acids is 2. The predicted molar refractivity (Wildman–Crippen MR) is 301 cm³/mol. The van der Waals surface area contributed by atoms with Gasteiger partial charge in [0.2, 0.25) is 31.8 Å². The van der Waals surface area contributed by atoms with Crippen molar-refractivity contribution in [2.24, 2.45) is 32.3 Å². The predicted octanol–water partition coefficient (Wildman–Crippen LogP) is 10.3. The molecule has 0 bridgehead atoms. The van der Waals surface area contributed by atoms with E-state index < -0.39 is 67.1 Å². The number of azo groups is 2. The molecular weight excluding hydrogens is 1070 g/mol. The van der Waals surface area contributed by atoms with E-state index in [4.69, 9.17) is 9.47 Å². The van der Waals surface area contributed by atoms with Crippen LogP contribution in [-0.2, 0) is 52.2 Å². The molecule has 24 heteroatoms. The van der Waals surface area contributed by atoms with Crippen molar-refractivity contribution in [3.63, 3.8) is 0 Å². The monoisotopic (exact) mass is 1140 g/mol. The molecule has 2 heterocycles. The van der Waals surface area contributed by atoms with Crippen LogP contribution in [0.4, 0.5) is 22.7 Å². The Kier molecular flexibility index (Phi) is 24.9. The summed E-state index contributed by atoms with van der Waals surface area (Å²) in [6.45, 7) is 17.2. The van der Waals surface area contributed by atoms with Gasteiger partial charge < -0.3 is 19.7 Å². The Morgan fingerprint density at radius 1 is 0.637 bits per heavy atom. The first-order valence-electron chi connectivity index (χ1n) is 27.0. The van der Waals surface area contributed by atoms with Gasteiger partial charge in [-0.05, 0) is 127 Å². The van der Waals surface area contributed by atoms with E-state index in [-0.39, 0.29) is 118 Å². The van der Waals surface area contributed by atoms with Gasteiger partial charge in [-0.25, -0.2) is 26.3 Å². The molecule has 0 spiro atoms. The van der Waals surface area contributed by atoms with Gasteiger partial charge in [0.05, 0.1) is 21.2 Å². The van der Waals surface area contributed by atoms with E-state index in [1.807, 2.05) is 26.0 Å². The molecule has 4 N–H and O–H groups in total. The van der Waals surface area contributed by atoms with Gasteiger partial charge >= 0.3 is 11.9 Å². The third-order valence-corrected chi connectivity index (χ3v) is 16.8. The maximum Gasteiger partial charge on any atom is 0.306 e. The molecule has 4 rings (SSSR count). The largest absolute Gasteiger partial charge is 0.493 e. The van der Waals surface area contributed by atoms with Crippen LogP contribution < -0.4 is 20.6 Å². The third-order valence-electron chi connectivity index (χ3n) is 13.8. The van der Waals surface area contributed by atoms with Gasteiger partial charge in [-0.1, -0.05) is 66.2 Å². The molecule has 2 aromatic carbocycles. The van der Waals surface area contributed by atoms with Crippen LogP contribution >= 0.6 is 0 Å². The van der Waals surface area contributed by atoms with Crippen LogP contribution in [0.3, 0.4) is 0 Å². The number of carbonyl (C=O) groups is 2. The Morgan fingerprint density at radius 3 is 1.52 bits per heavy atom. The number of aromatic hydroxyl groups is 2. The molecule has 0 saturated carbocycles. The minimum absolute atomic E-state index is 0.0706. The first-order valence-corrected chi connectivity index (χ1v) is 30.0. The summed E-state index contributed by atoms with van der Waals surface area (Å²) in [5, 5.41) is 58.0. The van der Waals surface area contributed by atoms with E-state index in [2.05, 4.69) is 43.7 Å².